The topological polar surface area (TPSA) is 66.8 Å². The van der Waals surface area contributed by atoms with Crippen LogP contribution in [0.2, 0.25) is 0 Å². The van der Waals surface area contributed by atoms with Gasteiger partial charge in [-0.3, -0.25) is 0 Å². The van der Waals surface area contributed by atoms with Crippen LogP contribution in [0.3, 0.4) is 0 Å². The second-order valence-corrected chi connectivity index (χ2v) is 5.32. The second kappa shape index (κ2) is 5.36. The van der Waals surface area contributed by atoms with Gasteiger partial charge in [-0.05, 0) is 32.1 Å². The summed E-state index contributed by atoms with van der Waals surface area (Å²) in [4.78, 5) is 11.5. The first-order valence-electron chi connectivity index (χ1n) is 6.73. The smallest absolute Gasteiger partial charge is 0.338 e. The van der Waals surface area contributed by atoms with Gasteiger partial charge in [0.25, 0.3) is 0 Å². The number of aliphatic carboxylic acids is 1. The molecule has 17 heavy (non-hydrogen) atoms. The summed E-state index contributed by atoms with van der Waals surface area (Å²) >= 11 is 0. The SMILES string of the molecule is O=C(O)C(O)(C1CCCCC1)C1CCCCO1. The van der Waals surface area contributed by atoms with E-state index in [1.165, 1.54) is 0 Å². The lowest BCUT2D eigenvalue weighted by Gasteiger charge is -2.41. The largest absolute Gasteiger partial charge is 0.479 e. The van der Waals surface area contributed by atoms with E-state index in [1.54, 1.807) is 0 Å². The number of hydrogen-bond donors (Lipinski definition) is 2. The Labute approximate surface area is 102 Å². The van der Waals surface area contributed by atoms with E-state index in [1.807, 2.05) is 0 Å². The lowest BCUT2D eigenvalue weighted by molar-refractivity contribution is -0.196. The van der Waals surface area contributed by atoms with Crippen molar-refractivity contribution in [1.82, 2.24) is 0 Å². The monoisotopic (exact) mass is 242 g/mol. The highest BCUT2D eigenvalue weighted by Crippen LogP contribution is 2.38. The van der Waals surface area contributed by atoms with Crippen molar-refractivity contribution >= 4 is 5.97 Å². The summed E-state index contributed by atoms with van der Waals surface area (Å²) in [5.74, 6) is -1.24. The molecule has 0 spiro atoms. The summed E-state index contributed by atoms with van der Waals surface area (Å²) in [6, 6.07) is 0. The molecule has 0 radical (unpaired) electrons. The van der Waals surface area contributed by atoms with Gasteiger partial charge in [0.05, 0.1) is 6.10 Å². The van der Waals surface area contributed by atoms with Crippen LogP contribution < -0.4 is 0 Å². The fourth-order valence-electron chi connectivity index (χ4n) is 3.21. The average molecular weight is 242 g/mol. The zero-order valence-corrected chi connectivity index (χ0v) is 10.2. The van der Waals surface area contributed by atoms with Gasteiger partial charge in [0.1, 0.15) is 0 Å². The lowest BCUT2D eigenvalue weighted by Crippen LogP contribution is -2.57. The molecule has 2 atom stereocenters. The molecule has 1 saturated carbocycles. The van der Waals surface area contributed by atoms with Gasteiger partial charge in [-0.1, -0.05) is 19.3 Å². The van der Waals surface area contributed by atoms with E-state index in [-0.39, 0.29) is 5.92 Å². The van der Waals surface area contributed by atoms with Crippen LogP contribution in [0.5, 0.6) is 0 Å². The third-order valence-electron chi connectivity index (χ3n) is 4.24. The highest BCUT2D eigenvalue weighted by atomic mass is 16.5. The summed E-state index contributed by atoms with van der Waals surface area (Å²) in [6.07, 6.45) is 6.88. The first-order valence-corrected chi connectivity index (χ1v) is 6.73. The number of ether oxygens (including phenoxy) is 1. The third-order valence-corrected chi connectivity index (χ3v) is 4.24. The van der Waals surface area contributed by atoms with Crippen molar-refractivity contribution in [3.05, 3.63) is 0 Å². The van der Waals surface area contributed by atoms with Crippen LogP contribution in [-0.4, -0.2) is 34.5 Å². The van der Waals surface area contributed by atoms with Gasteiger partial charge in [-0.15, -0.1) is 0 Å². The average Bonchev–Trinajstić information content (AvgIpc) is 2.39. The number of aliphatic hydroxyl groups is 1. The minimum Gasteiger partial charge on any atom is -0.479 e. The summed E-state index contributed by atoms with van der Waals surface area (Å²) in [5.41, 5.74) is -1.67. The maximum atomic E-state index is 11.5. The molecular weight excluding hydrogens is 220 g/mol. The van der Waals surface area contributed by atoms with Gasteiger partial charge in [0.2, 0.25) is 0 Å². The Bertz CT molecular complexity index is 247. The zero-order valence-electron chi connectivity index (χ0n) is 10.2. The first kappa shape index (κ1) is 12.8. The Balaban J connectivity index is 2.14. The van der Waals surface area contributed by atoms with Gasteiger partial charge in [-0.25, -0.2) is 4.79 Å². The van der Waals surface area contributed by atoms with Crippen LogP contribution in [0.15, 0.2) is 0 Å². The molecule has 1 heterocycles. The molecule has 1 aliphatic carbocycles. The minimum absolute atomic E-state index is 0.142. The molecule has 0 aromatic heterocycles. The maximum Gasteiger partial charge on any atom is 0.338 e. The Morgan fingerprint density at radius 2 is 1.71 bits per heavy atom. The minimum atomic E-state index is -1.67. The van der Waals surface area contributed by atoms with Crippen LogP contribution in [0.25, 0.3) is 0 Å². The van der Waals surface area contributed by atoms with Crippen LogP contribution in [0.4, 0.5) is 0 Å². The summed E-state index contributed by atoms with van der Waals surface area (Å²) in [5, 5.41) is 20.0. The Morgan fingerprint density at radius 1 is 1.06 bits per heavy atom. The van der Waals surface area contributed by atoms with Gasteiger partial charge < -0.3 is 14.9 Å². The molecule has 2 rings (SSSR count). The molecular formula is C13H22O4. The van der Waals surface area contributed by atoms with E-state index in [0.29, 0.717) is 13.0 Å². The molecule has 4 nitrogen and oxygen atoms in total. The predicted molar refractivity (Wildman–Crippen MR) is 62.8 cm³/mol. The molecule has 2 unspecified atom stereocenters. The number of hydrogen-bond acceptors (Lipinski definition) is 3. The third kappa shape index (κ3) is 2.47. The highest BCUT2D eigenvalue weighted by Gasteiger charge is 2.51. The molecule has 1 saturated heterocycles. The molecule has 0 bridgehead atoms. The molecule has 0 aromatic carbocycles. The second-order valence-electron chi connectivity index (χ2n) is 5.32. The summed E-state index contributed by atoms with van der Waals surface area (Å²) in [6.45, 7) is 0.576. The Hall–Kier alpha value is -0.610. The van der Waals surface area contributed by atoms with Gasteiger partial charge in [0.15, 0.2) is 5.60 Å². The maximum absolute atomic E-state index is 11.5. The Morgan fingerprint density at radius 3 is 2.24 bits per heavy atom. The molecule has 0 aromatic rings. The summed E-state index contributed by atoms with van der Waals surface area (Å²) < 4.78 is 5.53. The lowest BCUT2D eigenvalue weighted by atomic mass is 9.72. The molecule has 2 fully saturated rings. The fraction of sp³-hybridized carbons (Fsp3) is 0.923. The predicted octanol–water partition coefficient (Wildman–Crippen LogP) is 1.95. The van der Waals surface area contributed by atoms with Crippen molar-refractivity contribution in [2.75, 3.05) is 6.61 Å². The molecule has 0 amide bonds. The summed E-state index contributed by atoms with van der Waals surface area (Å²) in [7, 11) is 0. The number of carboxylic acid groups (broad SMARTS) is 1. The normalized spacial score (nSPS) is 30.8. The van der Waals surface area contributed by atoms with Crippen molar-refractivity contribution in [2.45, 2.75) is 63.1 Å². The zero-order chi connectivity index (χ0) is 12.3. The fourth-order valence-corrected chi connectivity index (χ4v) is 3.21. The molecule has 2 N–H and O–H groups in total. The number of carbonyl (C=O) groups is 1. The van der Waals surface area contributed by atoms with E-state index in [0.717, 1.165) is 44.9 Å². The van der Waals surface area contributed by atoms with Crippen molar-refractivity contribution in [3.8, 4) is 0 Å². The number of carboxylic acids is 1. The molecule has 4 heteroatoms. The van der Waals surface area contributed by atoms with E-state index in [2.05, 4.69) is 0 Å². The Kier molecular flexibility index (Phi) is 4.05. The first-order chi connectivity index (χ1) is 8.15. The van der Waals surface area contributed by atoms with E-state index in [4.69, 9.17) is 4.74 Å². The highest BCUT2D eigenvalue weighted by molar-refractivity contribution is 5.78. The van der Waals surface area contributed by atoms with Crippen molar-refractivity contribution in [3.63, 3.8) is 0 Å². The van der Waals surface area contributed by atoms with Crippen LogP contribution >= 0.6 is 0 Å². The van der Waals surface area contributed by atoms with Crippen molar-refractivity contribution < 1.29 is 19.7 Å². The number of rotatable bonds is 3. The quantitative estimate of drug-likeness (QED) is 0.793. The standard InChI is InChI=1S/C13H22O4/c14-12(15)13(16,10-6-2-1-3-7-10)11-8-4-5-9-17-11/h10-11,16H,1-9H2,(H,14,15). The molecule has 2 aliphatic rings. The van der Waals surface area contributed by atoms with E-state index in [9.17, 15) is 15.0 Å². The van der Waals surface area contributed by atoms with Gasteiger partial charge in [0, 0.05) is 12.5 Å². The van der Waals surface area contributed by atoms with E-state index >= 15 is 0 Å². The van der Waals surface area contributed by atoms with Gasteiger partial charge in [-0.2, -0.15) is 0 Å². The van der Waals surface area contributed by atoms with Crippen molar-refractivity contribution in [2.24, 2.45) is 5.92 Å². The molecule has 98 valence electrons. The van der Waals surface area contributed by atoms with Crippen LogP contribution in [-0.2, 0) is 9.53 Å². The van der Waals surface area contributed by atoms with Crippen LogP contribution in [0.1, 0.15) is 51.4 Å². The van der Waals surface area contributed by atoms with Gasteiger partial charge >= 0.3 is 5.97 Å². The van der Waals surface area contributed by atoms with Crippen molar-refractivity contribution in [1.29, 1.82) is 0 Å². The molecule has 1 aliphatic heterocycles. The van der Waals surface area contributed by atoms with E-state index < -0.39 is 17.7 Å². The van der Waals surface area contributed by atoms with Crippen LogP contribution in [0, 0.1) is 5.92 Å².